The SMILES string of the molecule is Cc1cccc(C(=O)Nc2cccc(Br)n2)c1O. The van der Waals surface area contributed by atoms with Gasteiger partial charge in [0.15, 0.2) is 0 Å². The molecule has 0 bridgehead atoms. The first-order chi connectivity index (χ1) is 8.58. The fourth-order valence-electron chi connectivity index (χ4n) is 1.50. The number of para-hydroxylation sites is 1. The zero-order valence-electron chi connectivity index (χ0n) is 9.64. The number of hydrogen-bond acceptors (Lipinski definition) is 3. The second-order valence-corrected chi connectivity index (χ2v) is 4.58. The third-order valence-electron chi connectivity index (χ3n) is 2.44. The molecule has 0 aliphatic carbocycles. The number of hydrogen-bond donors (Lipinski definition) is 2. The highest BCUT2D eigenvalue weighted by atomic mass is 79.9. The molecule has 4 nitrogen and oxygen atoms in total. The van der Waals surface area contributed by atoms with Crippen LogP contribution in [-0.4, -0.2) is 16.0 Å². The van der Waals surface area contributed by atoms with Gasteiger partial charge in [-0.2, -0.15) is 0 Å². The third kappa shape index (κ3) is 2.68. The molecule has 92 valence electrons. The predicted octanol–water partition coefficient (Wildman–Crippen LogP) is 3.11. The van der Waals surface area contributed by atoms with Crippen LogP contribution in [0.5, 0.6) is 5.75 Å². The lowest BCUT2D eigenvalue weighted by atomic mass is 10.1. The summed E-state index contributed by atoms with van der Waals surface area (Å²) in [6, 6.07) is 10.2. The van der Waals surface area contributed by atoms with Crippen molar-refractivity contribution in [3.05, 3.63) is 52.1 Å². The molecule has 1 heterocycles. The van der Waals surface area contributed by atoms with E-state index < -0.39 is 0 Å². The van der Waals surface area contributed by atoms with Crippen molar-refractivity contribution in [3.63, 3.8) is 0 Å². The van der Waals surface area contributed by atoms with Gasteiger partial charge < -0.3 is 10.4 Å². The second-order valence-electron chi connectivity index (χ2n) is 3.77. The number of nitrogens with one attached hydrogen (secondary N) is 1. The summed E-state index contributed by atoms with van der Waals surface area (Å²) in [6.45, 7) is 1.74. The molecule has 0 radical (unpaired) electrons. The van der Waals surface area contributed by atoms with Crippen molar-refractivity contribution in [2.75, 3.05) is 5.32 Å². The Bertz CT molecular complexity index is 599. The largest absolute Gasteiger partial charge is 0.507 e. The predicted molar refractivity (Wildman–Crippen MR) is 72.7 cm³/mol. The van der Waals surface area contributed by atoms with Gasteiger partial charge in [0.1, 0.15) is 16.2 Å². The molecule has 2 N–H and O–H groups in total. The highest BCUT2D eigenvalue weighted by Crippen LogP contribution is 2.22. The van der Waals surface area contributed by atoms with Crippen LogP contribution < -0.4 is 5.32 Å². The Hall–Kier alpha value is -1.88. The van der Waals surface area contributed by atoms with Gasteiger partial charge in [-0.25, -0.2) is 4.98 Å². The number of aryl methyl sites for hydroxylation is 1. The van der Waals surface area contributed by atoms with Crippen LogP contribution in [0.4, 0.5) is 5.82 Å². The Balaban J connectivity index is 2.25. The number of nitrogens with zero attached hydrogens (tertiary/aromatic N) is 1. The molecule has 2 rings (SSSR count). The Morgan fingerprint density at radius 1 is 1.28 bits per heavy atom. The van der Waals surface area contributed by atoms with Crippen LogP contribution in [0.2, 0.25) is 0 Å². The van der Waals surface area contributed by atoms with Crippen LogP contribution in [0.15, 0.2) is 41.0 Å². The molecule has 0 saturated heterocycles. The minimum Gasteiger partial charge on any atom is -0.507 e. The number of anilines is 1. The molecular weight excluding hydrogens is 296 g/mol. The van der Waals surface area contributed by atoms with Gasteiger partial charge in [0, 0.05) is 0 Å². The van der Waals surface area contributed by atoms with E-state index in [2.05, 4.69) is 26.2 Å². The minimum absolute atomic E-state index is 0.00926. The van der Waals surface area contributed by atoms with E-state index in [-0.39, 0.29) is 17.2 Å². The fourth-order valence-corrected chi connectivity index (χ4v) is 1.85. The highest BCUT2D eigenvalue weighted by molar-refractivity contribution is 9.10. The van der Waals surface area contributed by atoms with Crippen LogP contribution in [0.3, 0.4) is 0 Å². The number of rotatable bonds is 2. The van der Waals surface area contributed by atoms with Crippen molar-refractivity contribution < 1.29 is 9.90 Å². The number of phenolic OH excluding ortho intramolecular Hbond substituents is 1. The molecule has 1 aromatic carbocycles. The quantitative estimate of drug-likeness (QED) is 0.838. The molecule has 0 saturated carbocycles. The number of carbonyl (C=O) groups is 1. The van der Waals surface area contributed by atoms with E-state index in [0.717, 1.165) is 0 Å². The van der Waals surface area contributed by atoms with Gasteiger partial charge in [-0.1, -0.05) is 18.2 Å². The Morgan fingerprint density at radius 2 is 2.00 bits per heavy atom. The lowest BCUT2D eigenvalue weighted by Crippen LogP contribution is -2.13. The van der Waals surface area contributed by atoms with Crippen molar-refractivity contribution in [2.45, 2.75) is 6.92 Å². The summed E-state index contributed by atoms with van der Waals surface area (Å²) in [5.41, 5.74) is 0.890. The molecule has 5 heteroatoms. The summed E-state index contributed by atoms with van der Waals surface area (Å²) < 4.78 is 0.633. The van der Waals surface area contributed by atoms with E-state index in [1.54, 1.807) is 43.3 Å². The molecular formula is C13H11BrN2O2. The summed E-state index contributed by atoms with van der Waals surface area (Å²) in [6.07, 6.45) is 0. The fraction of sp³-hybridized carbons (Fsp3) is 0.0769. The lowest BCUT2D eigenvalue weighted by molar-refractivity contribution is 0.102. The van der Waals surface area contributed by atoms with Gasteiger partial charge in [-0.3, -0.25) is 4.79 Å². The zero-order valence-corrected chi connectivity index (χ0v) is 11.2. The molecule has 0 aliphatic heterocycles. The monoisotopic (exact) mass is 306 g/mol. The van der Waals surface area contributed by atoms with Crippen molar-refractivity contribution in [1.82, 2.24) is 4.98 Å². The standard InChI is InChI=1S/C13H11BrN2O2/c1-8-4-2-5-9(12(8)17)13(18)16-11-7-3-6-10(14)15-11/h2-7,17H,1H3,(H,15,16,18). The van der Waals surface area contributed by atoms with Gasteiger partial charge in [0.05, 0.1) is 5.56 Å². The number of carbonyl (C=O) groups excluding carboxylic acids is 1. The minimum atomic E-state index is -0.387. The van der Waals surface area contributed by atoms with E-state index in [1.165, 1.54) is 0 Å². The summed E-state index contributed by atoms with van der Waals surface area (Å²) in [7, 11) is 0. The molecule has 18 heavy (non-hydrogen) atoms. The van der Waals surface area contributed by atoms with Crippen molar-refractivity contribution in [2.24, 2.45) is 0 Å². The van der Waals surface area contributed by atoms with Gasteiger partial charge in [0.25, 0.3) is 5.91 Å². The van der Waals surface area contributed by atoms with Crippen LogP contribution >= 0.6 is 15.9 Å². The lowest BCUT2D eigenvalue weighted by Gasteiger charge is -2.07. The molecule has 2 aromatic rings. The van der Waals surface area contributed by atoms with Crippen LogP contribution in [0, 0.1) is 6.92 Å². The number of pyridine rings is 1. The zero-order chi connectivity index (χ0) is 13.1. The van der Waals surface area contributed by atoms with Crippen molar-refractivity contribution >= 4 is 27.7 Å². The molecule has 0 unspecified atom stereocenters. The number of amides is 1. The first kappa shape index (κ1) is 12.6. The van der Waals surface area contributed by atoms with E-state index in [9.17, 15) is 9.90 Å². The maximum absolute atomic E-state index is 12.0. The summed E-state index contributed by atoms with van der Waals surface area (Å²) in [5, 5.41) is 12.4. The van der Waals surface area contributed by atoms with Gasteiger partial charge in [0.2, 0.25) is 0 Å². The van der Waals surface area contributed by atoms with Crippen LogP contribution in [0.25, 0.3) is 0 Å². The molecule has 0 atom stereocenters. The average molecular weight is 307 g/mol. The van der Waals surface area contributed by atoms with Crippen LogP contribution in [-0.2, 0) is 0 Å². The van der Waals surface area contributed by atoms with E-state index in [4.69, 9.17) is 0 Å². The topological polar surface area (TPSA) is 62.2 Å². The van der Waals surface area contributed by atoms with Gasteiger partial charge >= 0.3 is 0 Å². The molecule has 0 fully saturated rings. The third-order valence-corrected chi connectivity index (χ3v) is 2.88. The number of aromatic nitrogens is 1. The Kier molecular flexibility index (Phi) is 3.62. The first-order valence-corrected chi connectivity index (χ1v) is 6.09. The van der Waals surface area contributed by atoms with Crippen molar-refractivity contribution in [1.29, 1.82) is 0 Å². The highest BCUT2D eigenvalue weighted by Gasteiger charge is 2.12. The molecule has 0 aliphatic rings. The van der Waals surface area contributed by atoms with Crippen LogP contribution in [0.1, 0.15) is 15.9 Å². The molecule has 0 spiro atoms. The maximum atomic E-state index is 12.0. The average Bonchev–Trinajstić information content (AvgIpc) is 2.32. The smallest absolute Gasteiger partial charge is 0.260 e. The Morgan fingerprint density at radius 3 is 2.72 bits per heavy atom. The molecule has 1 aromatic heterocycles. The van der Waals surface area contributed by atoms with Crippen molar-refractivity contribution in [3.8, 4) is 5.75 Å². The summed E-state index contributed by atoms with van der Waals surface area (Å²) in [5.74, 6) is 0.0297. The van der Waals surface area contributed by atoms with E-state index in [0.29, 0.717) is 16.0 Å². The van der Waals surface area contributed by atoms with E-state index >= 15 is 0 Å². The molecule has 1 amide bonds. The number of phenols is 1. The van der Waals surface area contributed by atoms with Gasteiger partial charge in [-0.15, -0.1) is 0 Å². The maximum Gasteiger partial charge on any atom is 0.260 e. The van der Waals surface area contributed by atoms with E-state index in [1.807, 2.05) is 0 Å². The Labute approximate surface area is 113 Å². The number of benzene rings is 1. The summed E-state index contributed by atoms with van der Waals surface area (Å²) in [4.78, 5) is 16.1. The van der Waals surface area contributed by atoms with Gasteiger partial charge in [-0.05, 0) is 46.6 Å². The number of aromatic hydroxyl groups is 1. The normalized spacial score (nSPS) is 10.1. The summed E-state index contributed by atoms with van der Waals surface area (Å²) >= 11 is 3.22. The second kappa shape index (κ2) is 5.18. The first-order valence-electron chi connectivity index (χ1n) is 5.30. The number of halogens is 1.